The van der Waals surface area contributed by atoms with Gasteiger partial charge in [0.15, 0.2) is 0 Å². The molecular weight excluding hydrogens is 134 g/mol. The fourth-order valence-electron chi connectivity index (χ4n) is 0.759. The molecular formula is C10H17N. The molecule has 0 N–H and O–H groups in total. The maximum Gasteiger partial charge on any atom is 0.0360 e. The second-order valence-corrected chi connectivity index (χ2v) is 2.24. The van der Waals surface area contributed by atoms with Gasteiger partial charge in [-0.15, -0.1) is 0 Å². The van der Waals surface area contributed by atoms with Crippen LogP contribution in [-0.2, 0) is 0 Å². The monoisotopic (exact) mass is 151 g/mol. The van der Waals surface area contributed by atoms with Crippen LogP contribution in [0.3, 0.4) is 0 Å². The average Bonchev–Trinajstić information content (AvgIpc) is 2.03. The van der Waals surface area contributed by atoms with Crippen LogP contribution in [0.15, 0.2) is 28.8 Å². The maximum atomic E-state index is 4.11. The molecule has 0 unspecified atom stereocenters. The average molecular weight is 151 g/mol. The lowest BCUT2D eigenvalue weighted by molar-refractivity contribution is 1.13. The summed E-state index contributed by atoms with van der Waals surface area (Å²) >= 11 is 0. The smallest absolute Gasteiger partial charge is 0.0360 e. The Bertz CT molecular complexity index is 164. The Balaban J connectivity index is 4.00. The molecule has 0 aliphatic rings. The first-order valence-corrected chi connectivity index (χ1v) is 4.16. The van der Waals surface area contributed by atoms with Crippen molar-refractivity contribution in [3.63, 3.8) is 0 Å². The minimum atomic E-state index is 0.864. The van der Waals surface area contributed by atoms with E-state index < -0.39 is 0 Å². The van der Waals surface area contributed by atoms with Crippen LogP contribution in [0, 0.1) is 0 Å². The second-order valence-electron chi connectivity index (χ2n) is 2.24. The van der Waals surface area contributed by atoms with Crippen LogP contribution in [0.5, 0.6) is 0 Å². The van der Waals surface area contributed by atoms with Crippen LogP contribution >= 0.6 is 0 Å². The Labute approximate surface area is 69.5 Å². The van der Waals surface area contributed by atoms with Crippen LogP contribution in [0.4, 0.5) is 0 Å². The van der Waals surface area contributed by atoms with E-state index in [2.05, 4.69) is 30.1 Å². The van der Waals surface area contributed by atoms with Crippen molar-refractivity contribution in [3.05, 3.63) is 23.8 Å². The molecule has 11 heavy (non-hydrogen) atoms. The van der Waals surface area contributed by atoms with Gasteiger partial charge in [-0.25, -0.2) is 0 Å². The highest BCUT2D eigenvalue weighted by Gasteiger charge is 1.82. The van der Waals surface area contributed by atoms with Gasteiger partial charge in [0, 0.05) is 12.8 Å². The summed E-state index contributed by atoms with van der Waals surface area (Å²) in [5, 5.41) is 0. The van der Waals surface area contributed by atoms with Crippen LogP contribution in [0.1, 0.15) is 27.2 Å². The first-order valence-electron chi connectivity index (χ1n) is 4.16. The number of aliphatic imine (C=N–C) groups is 1. The van der Waals surface area contributed by atoms with Gasteiger partial charge in [0.1, 0.15) is 0 Å². The summed E-state index contributed by atoms with van der Waals surface area (Å²) in [6.07, 6.45) is 9.17. The summed E-state index contributed by atoms with van der Waals surface area (Å²) in [4.78, 5) is 4.11. The highest BCUT2D eigenvalue weighted by Crippen LogP contribution is 2.00. The molecule has 0 fully saturated rings. The van der Waals surface area contributed by atoms with E-state index in [1.807, 2.05) is 20.1 Å². The lowest BCUT2D eigenvalue weighted by Gasteiger charge is -1.91. The Hall–Kier alpha value is -0.850. The molecule has 0 rings (SSSR count). The Morgan fingerprint density at radius 3 is 2.55 bits per heavy atom. The van der Waals surface area contributed by atoms with Crippen molar-refractivity contribution in [2.24, 2.45) is 4.99 Å². The third kappa shape index (κ3) is 5.59. The molecule has 0 aliphatic heterocycles. The van der Waals surface area contributed by atoms with Crippen molar-refractivity contribution in [3.8, 4) is 0 Å². The lowest BCUT2D eigenvalue weighted by Crippen LogP contribution is -1.76. The van der Waals surface area contributed by atoms with Gasteiger partial charge in [0.05, 0.1) is 0 Å². The summed E-state index contributed by atoms with van der Waals surface area (Å²) in [5.41, 5.74) is 1.32. The second kappa shape index (κ2) is 7.26. The third-order valence-electron chi connectivity index (χ3n) is 1.37. The van der Waals surface area contributed by atoms with Gasteiger partial charge in [-0.1, -0.05) is 19.1 Å². The molecule has 0 aromatic carbocycles. The molecule has 1 heteroatoms. The molecule has 0 saturated heterocycles. The van der Waals surface area contributed by atoms with Gasteiger partial charge in [-0.05, 0) is 31.9 Å². The SMILES string of the molecule is CC=C/C(=C\C=NCC)CC. The predicted octanol–water partition coefficient (Wildman–Crippen LogP) is 2.99. The Morgan fingerprint density at radius 1 is 1.36 bits per heavy atom. The van der Waals surface area contributed by atoms with Crippen LogP contribution < -0.4 is 0 Å². The van der Waals surface area contributed by atoms with Crippen molar-refractivity contribution in [2.45, 2.75) is 27.2 Å². The molecule has 0 bridgehead atoms. The summed E-state index contributed by atoms with van der Waals surface area (Å²) in [6.45, 7) is 7.07. The fourth-order valence-corrected chi connectivity index (χ4v) is 0.759. The highest BCUT2D eigenvalue weighted by molar-refractivity contribution is 5.72. The molecule has 0 saturated carbocycles. The van der Waals surface area contributed by atoms with E-state index in [1.165, 1.54) is 5.57 Å². The predicted molar refractivity (Wildman–Crippen MR) is 52.2 cm³/mol. The van der Waals surface area contributed by atoms with E-state index in [4.69, 9.17) is 0 Å². The van der Waals surface area contributed by atoms with E-state index in [0.29, 0.717) is 0 Å². The molecule has 0 heterocycles. The van der Waals surface area contributed by atoms with E-state index in [0.717, 1.165) is 13.0 Å². The minimum Gasteiger partial charge on any atom is -0.293 e. The molecule has 0 atom stereocenters. The number of hydrogen-bond acceptors (Lipinski definition) is 1. The van der Waals surface area contributed by atoms with E-state index in [9.17, 15) is 0 Å². The molecule has 0 amide bonds. The first-order chi connectivity index (χ1) is 5.35. The topological polar surface area (TPSA) is 12.4 Å². The van der Waals surface area contributed by atoms with Crippen molar-refractivity contribution >= 4 is 6.21 Å². The van der Waals surface area contributed by atoms with Crippen LogP contribution in [0.2, 0.25) is 0 Å². The quantitative estimate of drug-likeness (QED) is 0.432. The van der Waals surface area contributed by atoms with Crippen LogP contribution in [0.25, 0.3) is 0 Å². The molecule has 1 nitrogen and oxygen atoms in total. The number of rotatable bonds is 4. The van der Waals surface area contributed by atoms with Gasteiger partial charge in [0.2, 0.25) is 0 Å². The van der Waals surface area contributed by atoms with Gasteiger partial charge in [-0.3, -0.25) is 4.99 Å². The van der Waals surface area contributed by atoms with Gasteiger partial charge >= 0.3 is 0 Å². The van der Waals surface area contributed by atoms with Crippen molar-refractivity contribution in [1.29, 1.82) is 0 Å². The van der Waals surface area contributed by atoms with E-state index in [-0.39, 0.29) is 0 Å². The number of nitrogens with zero attached hydrogens (tertiary/aromatic N) is 1. The normalized spacial score (nSPS) is 13.5. The molecule has 0 aliphatic carbocycles. The molecule has 62 valence electrons. The van der Waals surface area contributed by atoms with Gasteiger partial charge in [0.25, 0.3) is 0 Å². The minimum absolute atomic E-state index is 0.864. The summed E-state index contributed by atoms with van der Waals surface area (Å²) in [7, 11) is 0. The maximum absolute atomic E-state index is 4.11. The van der Waals surface area contributed by atoms with Gasteiger partial charge < -0.3 is 0 Å². The number of allylic oxidation sites excluding steroid dienone is 4. The lowest BCUT2D eigenvalue weighted by atomic mass is 10.2. The molecule has 0 spiro atoms. The molecule has 0 aromatic heterocycles. The highest BCUT2D eigenvalue weighted by atomic mass is 14.7. The zero-order valence-corrected chi connectivity index (χ0v) is 7.67. The van der Waals surface area contributed by atoms with Crippen LogP contribution in [-0.4, -0.2) is 12.8 Å². The molecule has 0 radical (unpaired) electrons. The Kier molecular flexibility index (Phi) is 6.70. The largest absolute Gasteiger partial charge is 0.293 e. The molecule has 0 aromatic rings. The van der Waals surface area contributed by atoms with Crippen molar-refractivity contribution in [2.75, 3.05) is 6.54 Å². The zero-order chi connectivity index (χ0) is 8.53. The van der Waals surface area contributed by atoms with E-state index in [1.54, 1.807) is 0 Å². The number of hydrogen-bond donors (Lipinski definition) is 0. The van der Waals surface area contributed by atoms with Crippen molar-refractivity contribution < 1.29 is 0 Å². The van der Waals surface area contributed by atoms with Crippen molar-refractivity contribution in [1.82, 2.24) is 0 Å². The standard InChI is InChI=1S/C10H17N/c1-4-7-10(5-2)8-9-11-6-3/h4,7-9H,5-6H2,1-3H3/b7-4?,10-8-,11-9?. The fraction of sp³-hybridized carbons (Fsp3) is 0.500. The summed E-state index contributed by atoms with van der Waals surface area (Å²) < 4.78 is 0. The van der Waals surface area contributed by atoms with E-state index >= 15 is 0 Å². The summed E-state index contributed by atoms with van der Waals surface area (Å²) in [5.74, 6) is 0. The zero-order valence-electron chi connectivity index (χ0n) is 7.67. The Morgan fingerprint density at radius 2 is 2.09 bits per heavy atom. The van der Waals surface area contributed by atoms with Gasteiger partial charge in [-0.2, -0.15) is 0 Å². The third-order valence-corrected chi connectivity index (χ3v) is 1.37. The summed E-state index contributed by atoms with van der Waals surface area (Å²) in [6, 6.07) is 0. The first kappa shape index (κ1) is 10.2.